The van der Waals surface area contributed by atoms with Crippen molar-refractivity contribution in [2.75, 3.05) is 6.61 Å². The van der Waals surface area contributed by atoms with E-state index in [1.54, 1.807) is 6.07 Å². The molecule has 1 aromatic carbocycles. The lowest BCUT2D eigenvalue weighted by Crippen LogP contribution is -2.13. The van der Waals surface area contributed by atoms with Gasteiger partial charge in [0, 0.05) is 0 Å². The molecule has 1 fully saturated rings. The van der Waals surface area contributed by atoms with Crippen LogP contribution in [0.25, 0.3) is 0 Å². The lowest BCUT2D eigenvalue weighted by Gasteiger charge is -2.11. The van der Waals surface area contributed by atoms with Gasteiger partial charge in [0.1, 0.15) is 10.7 Å². The molecule has 1 saturated carbocycles. The average molecular weight is 256 g/mol. The van der Waals surface area contributed by atoms with Crippen LogP contribution in [0, 0.1) is 5.92 Å². The molecule has 2 nitrogen and oxygen atoms in total. The van der Waals surface area contributed by atoms with Crippen LogP contribution >= 0.6 is 23.8 Å². The van der Waals surface area contributed by atoms with E-state index in [0.717, 1.165) is 12.3 Å². The van der Waals surface area contributed by atoms with E-state index >= 15 is 0 Å². The molecule has 1 aromatic rings. The molecule has 0 unspecified atom stereocenters. The fraction of sp³-hybridized carbons (Fsp3) is 0.417. The molecule has 0 aliphatic heterocycles. The van der Waals surface area contributed by atoms with Crippen molar-refractivity contribution in [3.05, 3.63) is 28.8 Å². The summed E-state index contributed by atoms with van der Waals surface area (Å²) in [5.41, 5.74) is 6.27. The number of halogens is 1. The summed E-state index contributed by atoms with van der Waals surface area (Å²) in [4.78, 5) is 0.284. The van der Waals surface area contributed by atoms with E-state index in [2.05, 4.69) is 0 Å². The quantitative estimate of drug-likeness (QED) is 0.821. The normalized spacial score (nSPS) is 14.8. The van der Waals surface area contributed by atoms with Crippen LogP contribution in [0.3, 0.4) is 0 Å². The van der Waals surface area contributed by atoms with Crippen molar-refractivity contribution in [1.82, 2.24) is 0 Å². The Labute approximate surface area is 106 Å². The first-order valence-corrected chi connectivity index (χ1v) is 6.18. The maximum atomic E-state index is 6.03. The molecule has 1 aliphatic rings. The minimum atomic E-state index is 0.284. The van der Waals surface area contributed by atoms with Crippen LogP contribution in [0.2, 0.25) is 5.02 Å². The van der Waals surface area contributed by atoms with E-state index in [4.69, 9.17) is 34.3 Å². The van der Waals surface area contributed by atoms with Gasteiger partial charge in [0.25, 0.3) is 0 Å². The molecule has 4 heteroatoms. The topological polar surface area (TPSA) is 35.2 Å². The van der Waals surface area contributed by atoms with Gasteiger partial charge < -0.3 is 10.5 Å². The maximum absolute atomic E-state index is 6.03. The first-order chi connectivity index (χ1) is 7.68. The molecule has 0 spiro atoms. The number of benzene rings is 1. The van der Waals surface area contributed by atoms with Crippen molar-refractivity contribution in [3.8, 4) is 5.75 Å². The standard InChI is InChI=1S/C12H14ClNOS/c13-9-2-1-3-10(11(9)12(14)16)15-7-6-8-4-5-8/h1-3,8H,4-7H2,(H2,14,16). The molecule has 2 rings (SSSR count). The summed E-state index contributed by atoms with van der Waals surface area (Å²) >= 11 is 11.0. The minimum Gasteiger partial charge on any atom is -0.493 e. The van der Waals surface area contributed by atoms with E-state index < -0.39 is 0 Å². The SMILES string of the molecule is NC(=S)c1c(Cl)cccc1OCCC1CC1. The van der Waals surface area contributed by atoms with E-state index in [-0.39, 0.29) is 4.99 Å². The molecule has 0 radical (unpaired) electrons. The van der Waals surface area contributed by atoms with Crippen molar-refractivity contribution >= 4 is 28.8 Å². The van der Waals surface area contributed by atoms with Crippen molar-refractivity contribution in [2.45, 2.75) is 19.3 Å². The van der Waals surface area contributed by atoms with Crippen molar-refractivity contribution < 1.29 is 4.74 Å². The van der Waals surface area contributed by atoms with Gasteiger partial charge in [-0.15, -0.1) is 0 Å². The number of nitrogens with two attached hydrogens (primary N) is 1. The Hall–Kier alpha value is -0.800. The second kappa shape index (κ2) is 5.02. The average Bonchev–Trinajstić information content (AvgIpc) is 3.01. The Bertz CT molecular complexity index is 404. The predicted octanol–water partition coefficient (Wildman–Crippen LogP) is 3.15. The lowest BCUT2D eigenvalue weighted by atomic mass is 10.2. The third-order valence-corrected chi connectivity index (χ3v) is 3.22. The summed E-state index contributed by atoms with van der Waals surface area (Å²) in [6, 6.07) is 5.47. The summed E-state index contributed by atoms with van der Waals surface area (Å²) in [7, 11) is 0. The van der Waals surface area contributed by atoms with Gasteiger partial charge in [-0.25, -0.2) is 0 Å². The first kappa shape index (κ1) is 11.7. The molecular weight excluding hydrogens is 242 g/mol. The summed E-state index contributed by atoms with van der Waals surface area (Å²) < 4.78 is 5.68. The molecule has 0 saturated heterocycles. The van der Waals surface area contributed by atoms with Crippen molar-refractivity contribution in [1.29, 1.82) is 0 Å². The molecule has 0 bridgehead atoms. The van der Waals surface area contributed by atoms with Crippen LogP contribution < -0.4 is 10.5 Å². The maximum Gasteiger partial charge on any atom is 0.130 e. The van der Waals surface area contributed by atoms with Gasteiger partial charge in [-0.3, -0.25) is 0 Å². The number of thiocarbonyl (C=S) groups is 1. The highest BCUT2D eigenvalue weighted by Gasteiger charge is 2.21. The molecule has 16 heavy (non-hydrogen) atoms. The minimum absolute atomic E-state index is 0.284. The summed E-state index contributed by atoms with van der Waals surface area (Å²) in [6.45, 7) is 0.709. The second-order valence-corrected chi connectivity index (χ2v) is 4.90. The van der Waals surface area contributed by atoms with Crippen LogP contribution in [0.5, 0.6) is 5.75 Å². The summed E-state index contributed by atoms with van der Waals surface area (Å²) in [6.07, 6.45) is 3.77. The number of rotatable bonds is 5. The van der Waals surface area contributed by atoms with Gasteiger partial charge in [-0.05, 0) is 24.5 Å². The molecule has 0 atom stereocenters. The monoisotopic (exact) mass is 255 g/mol. The Balaban J connectivity index is 2.05. The van der Waals surface area contributed by atoms with E-state index in [1.165, 1.54) is 12.8 Å². The Morgan fingerprint density at radius 3 is 2.88 bits per heavy atom. The molecule has 0 heterocycles. The highest BCUT2D eigenvalue weighted by Crippen LogP contribution is 2.33. The van der Waals surface area contributed by atoms with E-state index in [1.807, 2.05) is 12.1 Å². The zero-order valence-corrected chi connectivity index (χ0v) is 10.5. The van der Waals surface area contributed by atoms with Gasteiger partial charge in [-0.2, -0.15) is 0 Å². The zero-order chi connectivity index (χ0) is 11.5. The van der Waals surface area contributed by atoms with Gasteiger partial charge in [0.2, 0.25) is 0 Å². The van der Waals surface area contributed by atoms with Crippen LogP contribution in [0.15, 0.2) is 18.2 Å². The molecule has 0 aromatic heterocycles. The molecule has 86 valence electrons. The molecular formula is C12H14ClNOS. The van der Waals surface area contributed by atoms with Gasteiger partial charge >= 0.3 is 0 Å². The number of hydrogen-bond acceptors (Lipinski definition) is 2. The fourth-order valence-corrected chi connectivity index (χ4v) is 2.14. The van der Waals surface area contributed by atoms with Crippen LogP contribution in [-0.4, -0.2) is 11.6 Å². The highest BCUT2D eigenvalue weighted by atomic mass is 35.5. The fourth-order valence-electron chi connectivity index (χ4n) is 1.61. The van der Waals surface area contributed by atoms with Crippen molar-refractivity contribution in [3.63, 3.8) is 0 Å². The first-order valence-electron chi connectivity index (χ1n) is 5.39. The summed E-state index contributed by atoms with van der Waals surface area (Å²) in [5.74, 6) is 1.55. The zero-order valence-electron chi connectivity index (χ0n) is 8.91. The Morgan fingerprint density at radius 2 is 2.25 bits per heavy atom. The van der Waals surface area contributed by atoms with Crippen LogP contribution in [0.1, 0.15) is 24.8 Å². The molecule has 2 N–H and O–H groups in total. The molecule has 0 amide bonds. The van der Waals surface area contributed by atoms with E-state index in [9.17, 15) is 0 Å². The van der Waals surface area contributed by atoms with E-state index in [0.29, 0.717) is 22.9 Å². The summed E-state index contributed by atoms with van der Waals surface area (Å²) in [5, 5.41) is 0.552. The van der Waals surface area contributed by atoms with Crippen LogP contribution in [0.4, 0.5) is 0 Å². The van der Waals surface area contributed by atoms with Crippen molar-refractivity contribution in [2.24, 2.45) is 11.7 Å². The third-order valence-electron chi connectivity index (χ3n) is 2.70. The Kier molecular flexibility index (Phi) is 3.66. The lowest BCUT2D eigenvalue weighted by molar-refractivity contribution is 0.302. The number of hydrogen-bond donors (Lipinski definition) is 1. The largest absolute Gasteiger partial charge is 0.493 e. The third kappa shape index (κ3) is 2.86. The predicted molar refractivity (Wildman–Crippen MR) is 70.2 cm³/mol. The van der Waals surface area contributed by atoms with Gasteiger partial charge in [0.15, 0.2) is 0 Å². The smallest absolute Gasteiger partial charge is 0.130 e. The van der Waals surface area contributed by atoms with Gasteiger partial charge in [-0.1, -0.05) is 42.7 Å². The van der Waals surface area contributed by atoms with Crippen LogP contribution in [-0.2, 0) is 0 Å². The van der Waals surface area contributed by atoms with Gasteiger partial charge in [0.05, 0.1) is 17.2 Å². The second-order valence-electron chi connectivity index (χ2n) is 4.06. The Morgan fingerprint density at radius 1 is 1.50 bits per heavy atom. The highest BCUT2D eigenvalue weighted by molar-refractivity contribution is 7.80. The molecule has 1 aliphatic carbocycles. The number of ether oxygens (including phenoxy) is 1.